The van der Waals surface area contributed by atoms with Gasteiger partial charge in [-0.25, -0.2) is 4.98 Å². The summed E-state index contributed by atoms with van der Waals surface area (Å²) >= 11 is 9.83. The number of hydrogen-bond acceptors (Lipinski definition) is 5. The van der Waals surface area contributed by atoms with E-state index in [4.69, 9.17) is 20.8 Å². The fraction of sp³-hybridized carbons (Fsp3) is 0.0800. The maximum Gasteiger partial charge on any atom is 0.309 e. The number of oxazole rings is 1. The van der Waals surface area contributed by atoms with Gasteiger partial charge >= 0.3 is 5.97 Å². The van der Waals surface area contributed by atoms with Crippen molar-refractivity contribution in [2.45, 2.75) is 6.42 Å². The van der Waals surface area contributed by atoms with E-state index < -0.39 is 0 Å². The number of aromatic nitrogens is 1. The highest BCUT2D eigenvalue weighted by atomic mass is 79.9. The Hall–Kier alpha value is -3.42. The van der Waals surface area contributed by atoms with Crippen LogP contribution in [0.2, 0.25) is 5.02 Å². The number of carbonyl (C=O) groups is 2. The molecule has 4 rings (SSSR count). The number of carbonyl (C=O) groups excluding carboxylic acids is 2. The highest BCUT2D eigenvalue weighted by Gasteiger charge is 2.14. The first-order chi connectivity index (χ1) is 15.9. The van der Waals surface area contributed by atoms with Gasteiger partial charge in [0, 0.05) is 16.2 Å². The SMILES string of the molecule is COC(=O)Cc1ccc2oc(-c3ccc(NC(=O)C=Cc4ccc(Br)cc4)cc3Cl)nc2c1. The van der Waals surface area contributed by atoms with Crippen molar-refractivity contribution in [3.63, 3.8) is 0 Å². The third-order valence-electron chi connectivity index (χ3n) is 4.79. The largest absolute Gasteiger partial charge is 0.469 e. The number of benzene rings is 3. The quantitative estimate of drug-likeness (QED) is 0.237. The van der Waals surface area contributed by atoms with Crippen LogP contribution in [0.25, 0.3) is 28.6 Å². The van der Waals surface area contributed by atoms with E-state index in [0.717, 1.165) is 15.6 Å². The number of hydrogen-bond donors (Lipinski definition) is 1. The Bertz CT molecular complexity index is 1360. The van der Waals surface area contributed by atoms with Gasteiger partial charge in [-0.15, -0.1) is 0 Å². The number of amides is 1. The molecule has 1 heterocycles. The van der Waals surface area contributed by atoms with E-state index in [2.05, 4.69) is 26.2 Å². The van der Waals surface area contributed by atoms with Gasteiger partial charge in [-0.1, -0.05) is 45.7 Å². The number of nitrogens with zero attached hydrogens (tertiary/aromatic N) is 1. The van der Waals surface area contributed by atoms with Crippen molar-refractivity contribution in [3.05, 3.63) is 87.4 Å². The fourth-order valence-electron chi connectivity index (χ4n) is 3.13. The molecule has 8 heteroatoms. The molecule has 0 atom stereocenters. The topological polar surface area (TPSA) is 81.4 Å². The minimum absolute atomic E-state index is 0.153. The molecule has 1 N–H and O–H groups in total. The molecule has 4 aromatic rings. The molecule has 1 aromatic heterocycles. The number of ether oxygens (including phenoxy) is 1. The Morgan fingerprint density at radius 1 is 1.12 bits per heavy atom. The Morgan fingerprint density at radius 2 is 1.91 bits per heavy atom. The average Bonchev–Trinajstić information content (AvgIpc) is 3.21. The zero-order valence-electron chi connectivity index (χ0n) is 17.5. The summed E-state index contributed by atoms with van der Waals surface area (Å²) in [5.41, 5.74) is 4.00. The first-order valence-corrected chi connectivity index (χ1v) is 11.1. The molecule has 6 nitrogen and oxygen atoms in total. The Morgan fingerprint density at radius 3 is 2.64 bits per heavy atom. The molecule has 0 saturated carbocycles. The van der Waals surface area contributed by atoms with E-state index in [0.29, 0.717) is 33.3 Å². The van der Waals surface area contributed by atoms with Crippen molar-refractivity contribution in [2.24, 2.45) is 0 Å². The van der Waals surface area contributed by atoms with Crippen LogP contribution in [0.5, 0.6) is 0 Å². The third-order valence-corrected chi connectivity index (χ3v) is 5.63. The lowest BCUT2D eigenvalue weighted by Crippen LogP contribution is -2.07. The number of fused-ring (bicyclic) bond motifs is 1. The van der Waals surface area contributed by atoms with Crippen LogP contribution in [0.4, 0.5) is 5.69 Å². The summed E-state index contributed by atoms with van der Waals surface area (Å²) in [5.74, 6) is -0.259. The van der Waals surface area contributed by atoms with Gasteiger partial charge in [0.15, 0.2) is 5.58 Å². The number of rotatable bonds is 6. The minimum atomic E-state index is -0.328. The second-order valence-electron chi connectivity index (χ2n) is 7.14. The molecule has 0 bridgehead atoms. The van der Waals surface area contributed by atoms with Gasteiger partial charge in [0.1, 0.15) is 5.52 Å². The van der Waals surface area contributed by atoms with Gasteiger partial charge in [-0.3, -0.25) is 9.59 Å². The Kier molecular flexibility index (Phi) is 6.91. The molecule has 0 aliphatic carbocycles. The Balaban J connectivity index is 1.48. The maximum absolute atomic E-state index is 12.3. The molecule has 3 aromatic carbocycles. The van der Waals surface area contributed by atoms with Gasteiger partial charge in [0.05, 0.1) is 24.1 Å². The van der Waals surface area contributed by atoms with Crippen LogP contribution in [0.15, 0.2) is 75.6 Å². The molecule has 0 radical (unpaired) electrons. The van der Waals surface area contributed by atoms with Gasteiger partial charge in [-0.2, -0.15) is 0 Å². The molecule has 0 unspecified atom stereocenters. The van der Waals surface area contributed by atoms with Crippen LogP contribution < -0.4 is 5.32 Å². The molecular weight excluding hydrogens is 508 g/mol. The van der Waals surface area contributed by atoms with Crippen LogP contribution in [0, 0.1) is 0 Å². The molecule has 0 aliphatic rings. The number of halogens is 2. The van der Waals surface area contributed by atoms with Crippen LogP contribution in [-0.2, 0) is 20.7 Å². The van der Waals surface area contributed by atoms with Crippen molar-refractivity contribution < 1.29 is 18.7 Å². The summed E-state index contributed by atoms with van der Waals surface area (Å²) < 4.78 is 11.5. The number of anilines is 1. The van der Waals surface area contributed by atoms with Gasteiger partial charge in [0.2, 0.25) is 11.8 Å². The molecule has 166 valence electrons. The maximum atomic E-state index is 12.3. The van der Waals surface area contributed by atoms with Crippen molar-refractivity contribution in [1.82, 2.24) is 4.98 Å². The van der Waals surface area contributed by atoms with E-state index in [1.807, 2.05) is 24.3 Å². The first-order valence-electron chi connectivity index (χ1n) is 9.92. The molecule has 0 fully saturated rings. The second-order valence-corrected chi connectivity index (χ2v) is 8.47. The summed E-state index contributed by atoms with van der Waals surface area (Å²) in [5, 5.41) is 3.17. The highest BCUT2D eigenvalue weighted by molar-refractivity contribution is 9.10. The monoisotopic (exact) mass is 524 g/mol. The zero-order chi connectivity index (χ0) is 23.4. The number of nitrogens with one attached hydrogen (secondary N) is 1. The predicted octanol–water partition coefficient (Wildman–Crippen LogP) is 6.28. The lowest BCUT2D eigenvalue weighted by Gasteiger charge is -2.05. The van der Waals surface area contributed by atoms with Crippen molar-refractivity contribution >= 4 is 62.3 Å². The Labute approximate surface area is 203 Å². The molecule has 0 aliphatic heterocycles. The van der Waals surface area contributed by atoms with Gasteiger partial charge < -0.3 is 14.5 Å². The summed E-state index contributed by atoms with van der Waals surface area (Å²) in [4.78, 5) is 28.2. The van der Waals surface area contributed by atoms with Crippen LogP contribution >= 0.6 is 27.5 Å². The summed E-state index contributed by atoms with van der Waals surface area (Å²) in [6.45, 7) is 0. The fourth-order valence-corrected chi connectivity index (χ4v) is 3.66. The van der Waals surface area contributed by atoms with Crippen molar-refractivity contribution in [2.75, 3.05) is 12.4 Å². The van der Waals surface area contributed by atoms with Crippen molar-refractivity contribution in [1.29, 1.82) is 0 Å². The predicted molar refractivity (Wildman–Crippen MR) is 132 cm³/mol. The highest BCUT2D eigenvalue weighted by Crippen LogP contribution is 2.32. The molecule has 0 spiro atoms. The number of methoxy groups -OCH3 is 1. The van der Waals surface area contributed by atoms with E-state index in [9.17, 15) is 9.59 Å². The van der Waals surface area contributed by atoms with E-state index >= 15 is 0 Å². The average molecular weight is 526 g/mol. The lowest BCUT2D eigenvalue weighted by atomic mass is 10.1. The van der Waals surface area contributed by atoms with Gasteiger partial charge in [-0.05, 0) is 59.7 Å². The first kappa shape index (κ1) is 22.8. The van der Waals surface area contributed by atoms with Gasteiger partial charge in [0.25, 0.3) is 0 Å². The molecular formula is C25H18BrClN2O4. The van der Waals surface area contributed by atoms with Crippen LogP contribution in [-0.4, -0.2) is 24.0 Å². The summed E-state index contributed by atoms with van der Waals surface area (Å²) in [7, 11) is 1.35. The van der Waals surface area contributed by atoms with E-state index in [1.165, 1.54) is 13.2 Å². The van der Waals surface area contributed by atoms with Crippen LogP contribution in [0.1, 0.15) is 11.1 Å². The van der Waals surface area contributed by atoms with Crippen molar-refractivity contribution in [3.8, 4) is 11.5 Å². The molecule has 1 amide bonds. The lowest BCUT2D eigenvalue weighted by molar-refractivity contribution is -0.139. The minimum Gasteiger partial charge on any atom is -0.469 e. The molecule has 33 heavy (non-hydrogen) atoms. The summed E-state index contributed by atoms with van der Waals surface area (Å²) in [6.07, 6.45) is 3.34. The normalized spacial score (nSPS) is 11.1. The van der Waals surface area contributed by atoms with E-state index in [1.54, 1.807) is 42.5 Å². The second kappa shape index (κ2) is 10.0. The zero-order valence-corrected chi connectivity index (χ0v) is 19.8. The number of esters is 1. The van der Waals surface area contributed by atoms with E-state index in [-0.39, 0.29) is 18.3 Å². The molecule has 0 saturated heterocycles. The summed E-state index contributed by atoms with van der Waals surface area (Å²) in [6, 6.07) is 18.0. The third kappa shape index (κ3) is 5.69. The standard InChI is InChI=1S/C25H18BrClN2O4/c1-32-24(31)13-16-4-10-22-21(12-16)29-25(33-22)19-9-8-18(14-20(19)27)28-23(30)11-5-15-2-6-17(26)7-3-15/h2-12,14H,13H2,1H3,(H,28,30). The van der Waals surface area contributed by atoms with Crippen LogP contribution in [0.3, 0.4) is 0 Å². The smallest absolute Gasteiger partial charge is 0.309 e.